The average Bonchev–Trinajstić information content (AvgIpc) is 2.95. The molecule has 3 aromatic rings. The van der Waals surface area contributed by atoms with Crippen molar-refractivity contribution in [2.45, 2.75) is 32.8 Å². The lowest BCUT2D eigenvalue weighted by Crippen LogP contribution is -2.32. The number of anilines is 3. The zero-order valence-corrected chi connectivity index (χ0v) is 20.6. The van der Waals surface area contributed by atoms with Crippen molar-refractivity contribution in [3.05, 3.63) is 59.8 Å². The summed E-state index contributed by atoms with van der Waals surface area (Å²) in [6, 6.07) is 13.0. The van der Waals surface area contributed by atoms with Crippen LogP contribution in [0, 0.1) is 11.8 Å². The predicted octanol–water partition coefficient (Wildman–Crippen LogP) is 4.27. The molecule has 184 valence electrons. The van der Waals surface area contributed by atoms with Crippen LogP contribution < -0.4 is 20.7 Å². The van der Waals surface area contributed by atoms with Crippen molar-refractivity contribution in [1.82, 2.24) is 15.3 Å². The number of nitrogens with zero attached hydrogens (tertiary/aromatic N) is 2. The van der Waals surface area contributed by atoms with Crippen molar-refractivity contribution in [2.24, 2.45) is 0 Å². The fraction of sp³-hybridized carbons (Fsp3) is 0.259. The zero-order valence-electron chi connectivity index (χ0n) is 20.6. The van der Waals surface area contributed by atoms with Crippen molar-refractivity contribution >= 4 is 29.3 Å². The quantitative estimate of drug-likeness (QED) is 0.473. The molecule has 0 saturated heterocycles. The van der Waals surface area contributed by atoms with Gasteiger partial charge in [-0.2, -0.15) is 0 Å². The fourth-order valence-corrected chi connectivity index (χ4v) is 3.54. The summed E-state index contributed by atoms with van der Waals surface area (Å²) < 4.78 is 10.5. The van der Waals surface area contributed by atoms with Crippen LogP contribution >= 0.6 is 0 Å². The number of carbonyl (C=O) groups excluding carboxylic acids is 2. The van der Waals surface area contributed by atoms with Crippen LogP contribution in [0.4, 0.5) is 22.1 Å². The Morgan fingerprint density at radius 2 is 2.03 bits per heavy atom. The van der Waals surface area contributed by atoms with Crippen LogP contribution in [0.25, 0.3) is 11.3 Å². The monoisotopic (exact) mass is 485 g/mol. The van der Waals surface area contributed by atoms with Crippen molar-refractivity contribution in [2.75, 3.05) is 24.3 Å². The van der Waals surface area contributed by atoms with Gasteiger partial charge in [0.05, 0.1) is 31.5 Å². The highest BCUT2D eigenvalue weighted by Gasteiger charge is 2.21. The summed E-state index contributed by atoms with van der Waals surface area (Å²) in [5.74, 6) is 6.85. The lowest BCUT2D eigenvalue weighted by atomic mass is 10.0. The highest BCUT2D eigenvalue weighted by atomic mass is 16.6. The molecular weight excluding hydrogens is 458 g/mol. The highest BCUT2D eigenvalue weighted by Crippen LogP contribution is 2.34. The Labute approximate surface area is 209 Å². The van der Waals surface area contributed by atoms with E-state index in [0.717, 1.165) is 16.8 Å². The smallest absolute Gasteiger partial charge is 0.408 e. The van der Waals surface area contributed by atoms with Crippen LogP contribution in [0.2, 0.25) is 0 Å². The van der Waals surface area contributed by atoms with Crippen molar-refractivity contribution < 1.29 is 19.1 Å². The summed E-state index contributed by atoms with van der Waals surface area (Å²) in [6.45, 7) is 5.52. The molecule has 0 spiro atoms. The molecule has 3 N–H and O–H groups in total. The largest absolute Gasteiger partial charge is 0.497 e. The van der Waals surface area contributed by atoms with Crippen LogP contribution in [0.5, 0.6) is 5.75 Å². The molecule has 1 aliphatic heterocycles. The van der Waals surface area contributed by atoms with Gasteiger partial charge in [-0.25, -0.2) is 14.8 Å². The number of ether oxygens (including phenoxy) is 2. The number of alkyl carbamates (subject to hydrolysis) is 1. The zero-order chi connectivity index (χ0) is 25.7. The van der Waals surface area contributed by atoms with Gasteiger partial charge in [-0.15, -0.1) is 0 Å². The van der Waals surface area contributed by atoms with Gasteiger partial charge in [0.15, 0.2) is 0 Å². The lowest BCUT2D eigenvalue weighted by molar-refractivity contribution is -0.115. The second kappa shape index (κ2) is 10.4. The van der Waals surface area contributed by atoms with E-state index in [9.17, 15) is 9.59 Å². The number of rotatable bonds is 4. The molecule has 0 unspecified atom stereocenters. The first kappa shape index (κ1) is 24.5. The molecule has 0 bridgehead atoms. The minimum absolute atomic E-state index is 0.133. The number of aromatic nitrogens is 2. The van der Waals surface area contributed by atoms with Crippen LogP contribution in [-0.4, -0.2) is 41.2 Å². The van der Waals surface area contributed by atoms with Gasteiger partial charge >= 0.3 is 6.09 Å². The van der Waals surface area contributed by atoms with E-state index in [2.05, 4.69) is 32.8 Å². The number of nitrogens with one attached hydrogen (secondary N) is 3. The Bertz CT molecular complexity index is 1370. The van der Waals surface area contributed by atoms with E-state index in [4.69, 9.17) is 14.5 Å². The molecule has 4 rings (SSSR count). The van der Waals surface area contributed by atoms with Gasteiger partial charge in [-0.1, -0.05) is 17.9 Å². The molecule has 1 aromatic heterocycles. The third-order valence-corrected chi connectivity index (χ3v) is 5.04. The van der Waals surface area contributed by atoms with Gasteiger partial charge in [0.2, 0.25) is 11.9 Å². The van der Waals surface area contributed by atoms with Gasteiger partial charge < -0.3 is 25.4 Å². The number of hydrogen-bond donors (Lipinski definition) is 3. The fourth-order valence-electron chi connectivity index (χ4n) is 3.54. The van der Waals surface area contributed by atoms with E-state index in [0.29, 0.717) is 28.6 Å². The maximum absolute atomic E-state index is 12.5. The summed E-state index contributed by atoms with van der Waals surface area (Å²) in [4.78, 5) is 33.4. The van der Waals surface area contributed by atoms with Crippen LogP contribution in [0.1, 0.15) is 31.9 Å². The van der Waals surface area contributed by atoms with E-state index >= 15 is 0 Å². The van der Waals surface area contributed by atoms with Crippen LogP contribution in [0.15, 0.2) is 48.7 Å². The molecule has 0 saturated carbocycles. The number of hydrogen-bond acceptors (Lipinski definition) is 7. The molecule has 9 heteroatoms. The van der Waals surface area contributed by atoms with Crippen molar-refractivity contribution in [1.29, 1.82) is 0 Å². The van der Waals surface area contributed by atoms with E-state index in [1.165, 1.54) is 0 Å². The second-order valence-corrected chi connectivity index (χ2v) is 9.07. The molecule has 0 fully saturated rings. The van der Waals surface area contributed by atoms with Gasteiger partial charge in [0, 0.05) is 34.6 Å². The first-order valence-electron chi connectivity index (χ1n) is 11.4. The Kier molecular flexibility index (Phi) is 7.06. The molecular formula is C27H27N5O4. The molecule has 2 heterocycles. The maximum Gasteiger partial charge on any atom is 0.408 e. The van der Waals surface area contributed by atoms with E-state index < -0.39 is 11.7 Å². The molecule has 0 atom stereocenters. The summed E-state index contributed by atoms with van der Waals surface area (Å²) >= 11 is 0. The maximum atomic E-state index is 12.5. The number of amides is 2. The minimum Gasteiger partial charge on any atom is -0.497 e. The number of carbonyl (C=O) groups is 2. The summed E-state index contributed by atoms with van der Waals surface area (Å²) in [6.07, 6.45) is 1.29. The number of methoxy groups -OCH3 is 1. The van der Waals surface area contributed by atoms with Gasteiger partial charge in [0.1, 0.15) is 11.4 Å². The topological polar surface area (TPSA) is 114 Å². The molecule has 9 nitrogen and oxygen atoms in total. The molecule has 0 aliphatic carbocycles. The Balaban J connectivity index is 1.55. The van der Waals surface area contributed by atoms with E-state index in [1.807, 2.05) is 36.4 Å². The van der Waals surface area contributed by atoms with E-state index in [1.54, 1.807) is 40.1 Å². The molecule has 2 aromatic carbocycles. The van der Waals surface area contributed by atoms with Gasteiger partial charge in [-0.05, 0) is 51.1 Å². The predicted molar refractivity (Wildman–Crippen MR) is 137 cm³/mol. The van der Waals surface area contributed by atoms with Gasteiger partial charge in [-0.3, -0.25) is 4.79 Å². The Morgan fingerprint density at radius 3 is 2.81 bits per heavy atom. The van der Waals surface area contributed by atoms with Crippen LogP contribution in [0.3, 0.4) is 0 Å². The van der Waals surface area contributed by atoms with Gasteiger partial charge in [0.25, 0.3) is 0 Å². The first-order chi connectivity index (χ1) is 17.2. The highest BCUT2D eigenvalue weighted by molar-refractivity contribution is 6.00. The molecule has 2 amide bonds. The van der Waals surface area contributed by atoms with Crippen molar-refractivity contribution in [3.63, 3.8) is 0 Å². The summed E-state index contributed by atoms with van der Waals surface area (Å²) in [5, 5.41) is 8.71. The average molecular weight is 486 g/mol. The third-order valence-electron chi connectivity index (χ3n) is 5.04. The van der Waals surface area contributed by atoms with Crippen LogP contribution in [-0.2, 0) is 16.0 Å². The molecule has 36 heavy (non-hydrogen) atoms. The Hall–Kier alpha value is -4.58. The molecule has 0 radical (unpaired) electrons. The van der Waals surface area contributed by atoms with Crippen molar-refractivity contribution in [3.8, 4) is 28.8 Å². The number of fused-ring (bicyclic) bond motifs is 3. The molecule has 1 aliphatic rings. The lowest BCUT2D eigenvalue weighted by Gasteiger charge is -2.19. The van der Waals surface area contributed by atoms with E-state index in [-0.39, 0.29) is 18.9 Å². The number of benzene rings is 2. The normalized spacial score (nSPS) is 12.1. The third kappa shape index (κ3) is 6.30. The second-order valence-electron chi connectivity index (χ2n) is 9.07. The summed E-state index contributed by atoms with van der Waals surface area (Å²) in [5.41, 5.74) is 3.66. The minimum atomic E-state index is -0.573. The SMILES string of the molecule is COc1cccc(Nc2ncc3c(n2)-c2ccc(C#CCNC(=O)OC(C)(C)C)cc2NC(=O)C3)c1. The standard InChI is InChI=1S/C27H27N5O4/c1-27(2,3)36-26(34)28-12-6-7-17-10-11-21-22(13-17)31-23(33)14-18-16-29-25(32-24(18)21)30-19-8-5-9-20(15-19)35-4/h5,8-11,13,15-16H,12,14H2,1-4H3,(H,28,34)(H,31,33)(H,29,30,32). The first-order valence-corrected chi connectivity index (χ1v) is 11.4. The Morgan fingerprint density at radius 1 is 1.19 bits per heavy atom. The summed E-state index contributed by atoms with van der Waals surface area (Å²) in [7, 11) is 1.61.